The van der Waals surface area contributed by atoms with E-state index in [1.807, 2.05) is 19.1 Å². The van der Waals surface area contributed by atoms with Gasteiger partial charge in [-0.25, -0.2) is 0 Å². The maximum absolute atomic E-state index is 9.60. The van der Waals surface area contributed by atoms with Gasteiger partial charge in [0.15, 0.2) is 0 Å². The Morgan fingerprint density at radius 3 is 2.80 bits per heavy atom. The van der Waals surface area contributed by atoms with Gasteiger partial charge in [0, 0.05) is 24.2 Å². The molecular formula is C16H25NO3. The summed E-state index contributed by atoms with van der Waals surface area (Å²) in [6.45, 7) is 3.82. The van der Waals surface area contributed by atoms with Crippen LogP contribution in [0.3, 0.4) is 0 Å². The summed E-state index contributed by atoms with van der Waals surface area (Å²) in [6, 6.07) is 6.43. The number of aliphatic hydroxyl groups is 1. The van der Waals surface area contributed by atoms with E-state index in [0.717, 1.165) is 31.0 Å². The maximum atomic E-state index is 9.60. The van der Waals surface area contributed by atoms with E-state index in [1.54, 1.807) is 14.2 Å². The third-order valence-electron chi connectivity index (χ3n) is 3.98. The van der Waals surface area contributed by atoms with E-state index >= 15 is 0 Å². The second kappa shape index (κ2) is 6.95. The molecule has 0 saturated carbocycles. The monoisotopic (exact) mass is 279 g/mol. The normalized spacial score (nSPS) is 20.9. The van der Waals surface area contributed by atoms with E-state index < -0.39 is 0 Å². The summed E-state index contributed by atoms with van der Waals surface area (Å²) < 4.78 is 10.7. The van der Waals surface area contributed by atoms with Crippen LogP contribution in [0.25, 0.3) is 0 Å². The average Bonchev–Trinajstić information content (AvgIpc) is 2.85. The molecule has 112 valence electrons. The van der Waals surface area contributed by atoms with Gasteiger partial charge in [0.1, 0.15) is 11.5 Å². The van der Waals surface area contributed by atoms with Crippen molar-refractivity contribution in [3.8, 4) is 11.5 Å². The molecule has 4 nitrogen and oxygen atoms in total. The molecule has 1 aliphatic rings. The molecule has 0 radical (unpaired) electrons. The lowest BCUT2D eigenvalue weighted by atomic mass is 10.1. The van der Waals surface area contributed by atoms with Gasteiger partial charge < -0.3 is 14.6 Å². The Bertz CT molecular complexity index is 434. The van der Waals surface area contributed by atoms with Crippen molar-refractivity contribution in [2.24, 2.45) is 0 Å². The first-order chi connectivity index (χ1) is 9.63. The lowest BCUT2D eigenvalue weighted by molar-refractivity contribution is 0.130. The molecule has 2 unspecified atom stereocenters. The minimum absolute atomic E-state index is 0.238. The number of methoxy groups -OCH3 is 2. The highest BCUT2D eigenvalue weighted by Crippen LogP contribution is 2.29. The Hall–Kier alpha value is -1.26. The van der Waals surface area contributed by atoms with Crippen LogP contribution in [-0.4, -0.2) is 42.9 Å². The zero-order valence-corrected chi connectivity index (χ0v) is 12.6. The number of rotatable bonds is 6. The zero-order valence-electron chi connectivity index (χ0n) is 12.6. The van der Waals surface area contributed by atoms with Gasteiger partial charge >= 0.3 is 0 Å². The highest BCUT2D eigenvalue weighted by atomic mass is 16.5. The SMILES string of the molecule is COc1ccc(CN2CCCC2CC(C)O)c(OC)c1. The van der Waals surface area contributed by atoms with Gasteiger partial charge in [-0.2, -0.15) is 0 Å². The average molecular weight is 279 g/mol. The fourth-order valence-electron chi connectivity index (χ4n) is 2.97. The van der Waals surface area contributed by atoms with Crippen LogP contribution < -0.4 is 9.47 Å². The minimum Gasteiger partial charge on any atom is -0.497 e. The Morgan fingerprint density at radius 2 is 2.15 bits per heavy atom. The molecule has 0 spiro atoms. The van der Waals surface area contributed by atoms with Crippen LogP contribution in [0, 0.1) is 0 Å². The van der Waals surface area contributed by atoms with Crippen LogP contribution in [-0.2, 0) is 6.54 Å². The number of ether oxygens (including phenoxy) is 2. The second-order valence-electron chi connectivity index (χ2n) is 5.53. The summed E-state index contributed by atoms with van der Waals surface area (Å²) in [7, 11) is 3.35. The van der Waals surface area contributed by atoms with Crippen molar-refractivity contribution in [3.63, 3.8) is 0 Å². The second-order valence-corrected chi connectivity index (χ2v) is 5.53. The van der Waals surface area contributed by atoms with Crippen molar-refractivity contribution < 1.29 is 14.6 Å². The van der Waals surface area contributed by atoms with Gasteiger partial charge in [0.2, 0.25) is 0 Å². The Labute approximate surface area is 121 Å². The molecule has 1 N–H and O–H groups in total. The molecule has 0 aliphatic carbocycles. The molecule has 1 aromatic rings. The van der Waals surface area contributed by atoms with Crippen molar-refractivity contribution in [3.05, 3.63) is 23.8 Å². The van der Waals surface area contributed by atoms with Crippen molar-refractivity contribution in [1.82, 2.24) is 4.90 Å². The van der Waals surface area contributed by atoms with Crippen LogP contribution in [0.4, 0.5) is 0 Å². The van der Waals surface area contributed by atoms with E-state index in [9.17, 15) is 5.11 Å². The first-order valence-electron chi connectivity index (χ1n) is 7.27. The van der Waals surface area contributed by atoms with Gasteiger partial charge in [-0.15, -0.1) is 0 Å². The van der Waals surface area contributed by atoms with Crippen LogP contribution in [0.15, 0.2) is 18.2 Å². The summed E-state index contributed by atoms with van der Waals surface area (Å²) in [5.74, 6) is 1.68. The Morgan fingerprint density at radius 1 is 1.35 bits per heavy atom. The number of aliphatic hydroxyl groups excluding tert-OH is 1. The van der Waals surface area contributed by atoms with Crippen molar-refractivity contribution >= 4 is 0 Å². The van der Waals surface area contributed by atoms with E-state index in [4.69, 9.17) is 9.47 Å². The van der Waals surface area contributed by atoms with E-state index in [-0.39, 0.29) is 6.10 Å². The zero-order chi connectivity index (χ0) is 14.5. The Kier molecular flexibility index (Phi) is 5.26. The third-order valence-corrected chi connectivity index (χ3v) is 3.98. The number of benzene rings is 1. The molecule has 1 aromatic carbocycles. The van der Waals surface area contributed by atoms with Crippen molar-refractivity contribution in [1.29, 1.82) is 0 Å². The molecule has 0 bridgehead atoms. The van der Waals surface area contributed by atoms with E-state index in [1.165, 1.54) is 18.4 Å². The predicted molar refractivity (Wildman–Crippen MR) is 79.3 cm³/mol. The molecule has 0 aromatic heterocycles. The number of likely N-dealkylation sites (tertiary alicyclic amines) is 1. The first kappa shape index (κ1) is 15.1. The maximum Gasteiger partial charge on any atom is 0.127 e. The number of hydrogen-bond donors (Lipinski definition) is 1. The smallest absolute Gasteiger partial charge is 0.127 e. The third kappa shape index (κ3) is 3.64. The molecule has 0 amide bonds. The molecule has 1 heterocycles. The molecule has 2 rings (SSSR count). The molecule has 20 heavy (non-hydrogen) atoms. The molecule has 2 atom stereocenters. The topological polar surface area (TPSA) is 41.9 Å². The first-order valence-corrected chi connectivity index (χ1v) is 7.27. The van der Waals surface area contributed by atoms with Gasteiger partial charge in [-0.1, -0.05) is 6.07 Å². The summed E-state index contributed by atoms with van der Waals surface area (Å²) in [4.78, 5) is 2.44. The summed E-state index contributed by atoms with van der Waals surface area (Å²) in [5, 5.41) is 9.60. The fraction of sp³-hybridized carbons (Fsp3) is 0.625. The van der Waals surface area contributed by atoms with E-state index in [2.05, 4.69) is 11.0 Å². The highest BCUT2D eigenvalue weighted by molar-refractivity contribution is 5.40. The summed E-state index contributed by atoms with van der Waals surface area (Å²) >= 11 is 0. The standard InChI is InChI=1S/C16H25NO3/c1-12(18)9-14-5-4-8-17(14)11-13-6-7-15(19-2)10-16(13)20-3/h6-7,10,12,14,18H,4-5,8-9,11H2,1-3H3. The predicted octanol–water partition coefficient (Wildman–Crippen LogP) is 2.44. The van der Waals surface area contributed by atoms with Crippen LogP contribution in [0.1, 0.15) is 31.7 Å². The van der Waals surface area contributed by atoms with Gasteiger partial charge in [-0.05, 0) is 38.8 Å². The number of hydrogen-bond acceptors (Lipinski definition) is 4. The quantitative estimate of drug-likeness (QED) is 0.868. The van der Waals surface area contributed by atoms with Crippen LogP contribution in [0.2, 0.25) is 0 Å². The molecule has 1 aliphatic heterocycles. The minimum atomic E-state index is -0.238. The van der Waals surface area contributed by atoms with Crippen LogP contribution >= 0.6 is 0 Å². The summed E-state index contributed by atoms with van der Waals surface area (Å²) in [5.41, 5.74) is 1.17. The van der Waals surface area contributed by atoms with Gasteiger partial charge in [-0.3, -0.25) is 4.90 Å². The molecule has 1 fully saturated rings. The largest absolute Gasteiger partial charge is 0.497 e. The van der Waals surface area contributed by atoms with Crippen molar-refractivity contribution in [2.75, 3.05) is 20.8 Å². The highest BCUT2D eigenvalue weighted by Gasteiger charge is 2.26. The Balaban J connectivity index is 2.08. The van der Waals surface area contributed by atoms with Gasteiger partial charge in [0.25, 0.3) is 0 Å². The fourth-order valence-corrected chi connectivity index (χ4v) is 2.97. The number of nitrogens with zero attached hydrogens (tertiary/aromatic N) is 1. The molecular weight excluding hydrogens is 254 g/mol. The molecule has 1 saturated heterocycles. The van der Waals surface area contributed by atoms with Crippen molar-refractivity contribution in [2.45, 2.75) is 44.9 Å². The lowest BCUT2D eigenvalue weighted by Crippen LogP contribution is -2.31. The van der Waals surface area contributed by atoms with Gasteiger partial charge in [0.05, 0.1) is 20.3 Å². The van der Waals surface area contributed by atoms with E-state index in [0.29, 0.717) is 6.04 Å². The summed E-state index contributed by atoms with van der Waals surface area (Å²) in [6.07, 6.45) is 2.98. The lowest BCUT2D eigenvalue weighted by Gasteiger charge is -2.26. The van der Waals surface area contributed by atoms with Crippen LogP contribution in [0.5, 0.6) is 11.5 Å². The molecule has 4 heteroatoms.